The van der Waals surface area contributed by atoms with Crippen LogP contribution in [0.2, 0.25) is 5.02 Å². The van der Waals surface area contributed by atoms with E-state index < -0.39 is 6.04 Å². The van der Waals surface area contributed by atoms with Gasteiger partial charge in [0.15, 0.2) is 16.9 Å². The Labute approximate surface area is 220 Å². The molecule has 190 valence electrons. The van der Waals surface area contributed by atoms with Crippen LogP contribution in [0.3, 0.4) is 0 Å². The Hall–Kier alpha value is -3.77. The van der Waals surface area contributed by atoms with E-state index in [1.54, 1.807) is 41.3 Å². The Morgan fingerprint density at radius 2 is 1.73 bits per heavy atom. The smallest absolute Gasteiger partial charge is 0.291 e. The highest BCUT2D eigenvalue weighted by Crippen LogP contribution is 2.42. The largest absolute Gasteiger partial charge is 0.490 e. The first-order valence-corrected chi connectivity index (χ1v) is 12.9. The van der Waals surface area contributed by atoms with E-state index in [0.29, 0.717) is 46.3 Å². The number of halogens is 1. The van der Waals surface area contributed by atoms with Crippen LogP contribution in [0.5, 0.6) is 11.5 Å². The van der Waals surface area contributed by atoms with E-state index in [1.165, 1.54) is 0 Å². The van der Waals surface area contributed by atoms with Gasteiger partial charge in [-0.3, -0.25) is 9.59 Å². The standard InChI is InChI=1S/C30H28ClNO5/c1-3-5-16-36-24-15-12-20(17-25(24)35-4-2)27-26-28(33)22-8-6-7-9-23(22)37-29(26)30(34)32(27)18-19-10-13-21(31)14-11-19/h6-15,17,27H,3-5,16,18H2,1-2H3. The van der Waals surface area contributed by atoms with E-state index in [9.17, 15) is 9.59 Å². The summed E-state index contributed by atoms with van der Waals surface area (Å²) in [6.07, 6.45) is 1.95. The number of fused-ring (bicyclic) bond motifs is 2. The number of ether oxygens (including phenoxy) is 2. The van der Waals surface area contributed by atoms with E-state index in [0.717, 1.165) is 24.0 Å². The van der Waals surface area contributed by atoms with Crippen LogP contribution in [0, 0.1) is 0 Å². The van der Waals surface area contributed by atoms with Gasteiger partial charge in [-0.2, -0.15) is 0 Å². The van der Waals surface area contributed by atoms with Gasteiger partial charge in [0, 0.05) is 11.6 Å². The average molecular weight is 518 g/mol. The van der Waals surface area contributed by atoms with Crippen LogP contribution in [0.1, 0.15) is 60.0 Å². The van der Waals surface area contributed by atoms with Crippen molar-refractivity contribution in [3.8, 4) is 11.5 Å². The molecule has 1 atom stereocenters. The first-order valence-electron chi connectivity index (χ1n) is 12.5. The fraction of sp³-hybridized carbons (Fsp3) is 0.267. The van der Waals surface area contributed by atoms with Crippen LogP contribution in [0.4, 0.5) is 0 Å². The molecule has 5 rings (SSSR count). The molecule has 7 heteroatoms. The monoisotopic (exact) mass is 517 g/mol. The van der Waals surface area contributed by atoms with Crippen molar-refractivity contribution in [3.05, 3.63) is 104 Å². The summed E-state index contributed by atoms with van der Waals surface area (Å²) in [5.74, 6) is 0.954. The molecule has 0 aliphatic carbocycles. The number of nitrogens with zero attached hydrogens (tertiary/aromatic N) is 1. The summed E-state index contributed by atoms with van der Waals surface area (Å²) in [5, 5.41) is 1.05. The van der Waals surface area contributed by atoms with Crippen LogP contribution in [0.15, 0.2) is 75.9 Å². The minimum atomic E-state index is -0.650. The second kappa shape index (κ2) is 10.7. The number of unbranched alkanes of at least 4 members (excludes halogenated alkanes) is 1. The Morgan fingerprint density at radius 3 is 2.49 bits per heavy atom. The molecule has 37 heavy (non-hydrogen) atoms. The van der Waals surface area contributed by atoms with Gasteiger partial charge in [-0.25, -0.2) is 0 Å². The molecule has 0 spiro atoms. The van der Waals surface area contributed by atoms with Gasteiger partial charge in [-0.05, 0) is 60.9 Å². The number of amides is 1. The molecule has 0 bridgehead atoms. The van der Waals surface area contributed by atoms with E-state index in [4.69, 9.17) is 25.5 Å². The highest BCUT2D eigenvalue weighted by atomic mass is 35.5. The quantitative estimate of drug-likeness (QED) is 0.229. The zero-order valence-electron chi connectivity index (χ0n) is 20.8. The summed E-state index contributed by atoms with van der Waals surface area (Å²) in [6, 6.07) is 19.3. The number of hydrogen-bond donors (Lipinski definition) is 0. The van der Waals surface area contributed by atoms with Crippen molar-refractivity contribution in [1.82, 2.24) is 4.90 Å². The van der Waals surface area contributed by atoms with Gasteiger partial charge in [0.05, 0.1) is 30.2 Å². The normalized spacial score (nSPS) is 14.7. The summed E-state index contributed by atoms with van der Waals surface area (Å²) >= 11 is 6.08. The molecule has 1 aromatic heterocycles. The van der Waals surface area contributed by atoms with Crippen molar-refractivity contribution < 1.29 is 18.7 Å². The number of rotatable bonds is 9. The summed E-state index contributed by atoms with van der Waals surface area (Å²) in [5.41, 5.74) is 2.14. The Balaban J connectivity index is 1.64. The van der Waals surface area contributed by atoms with Crippen molar-refractivity contribution in [2.75, 3.05) is 13.2 Å². The highest BCUT2D eigenvalue weighted by molar-refractivity contribution is 6.30. The van der Waals surface area contributed by atoms with Crippen LogP contribution < -0.4 is 14.9 Å². The van der Waals surface area contributed by atoms with Crippen molar-refractivity contribution in [2.24, 2.45) is 0 Å². The van der Waals surface area contributed by atoms with Gasteiger partial charge >= 0.3 is 0 Å². The predicted molar refractivity (Wildman–Crippen MR) is 144 cm³/mol. The molecular weight excluding hydrogens is 490 g/mol. The molecule has 4 aromatic rings. The van der Waals surface area contributed by atoms with Crippen LogP contribution in [-0.4, -0.2) is 24.0 Å². The second-order valence-corrected chi connectivity index (χ2v) is 9.41. The van der Waals surface area contributed by atoms with Crippen LogP contribution >= 0.6 is 11.6 Å². The Morgan fingerprint density at radius 1 is 0.946 bits per heavy atom. The van der Waals surface area contributed by atoms with Crippen molar-refractivity contribution in [1.29, 1.82) is 0 Å². The molecule has 1 aliphatic rings. The lowest BCUT2D eigenvalue weighted by molar-refractivity contribution is 0.0714. The maximum Gasteiger partial charge on any atom is 0.291 e. The third kappa shape index (κ3) is 4.81. The second-order valence-electron chi connectivity index (χ2n) is 8.97. The zero-order chi connectivity index (χ0) is 25.9. The maximum absolute atomic E-state index is 13.7. The van der Waals surface area contributed by atoms with E-state index in [2.05, 4.69) is 6.92 Å². The number of benzene rings is 3. The summed E-state index contributed by atoms with van der Waals surface area (Å²) in [7, 11) is 0. The van der Waals surface area contributed by atoms with E-state index in [-0.39, 0.29) is 23.6 Å². The Bertz CT molecular complexity index is 1490. The molecule has 0 radical (unpaired) electrons. The van der Waals surface area contributed by atoms with Gasteiger partial charge in [0.2, 0.25) is 5.76 Å². The molecule has 0 saturated heterocycles. The van der Waals surface area contributed by atoms with Gasteiger partial charge in [0.1, 0.15) is 5.58 Å². The van der Waals surface area contributed by atoms with Crippen molar-refractivity contribution in [3.63, 3.8) is 0 Å². The fourth-order valence-corrected chi connectivity index (χ4v) is 4.80. The van der Waals surface area contributed by atoms with Gasteiger partial charge in [-0.15, -0.1) is 0 Å². The number of carbonyl (C=O) groups excluding carboxylic acids is 1. The molecule has 2 heterocycles. The zero-order valence-corrected chi connectivity index (χ0v) is 21.6. The molecule has 3 aromatic carbocycles. The van der Waals surface area contributed by atoms with E-state index in [1.807, 2.05) is 37.3 Å². The lowest BCUT2D eigenvalue weighted by Gasteiger charge is -2.26. The minimum Gasteiger partial charge on any atom is -0.490 e. The third-order valence-electron chi connectivity index (χ3n) is 6.48. The number of para-hydroxylation sites is 1. The molecule has 1 amide bonds. The lowest BCUT2D eigenvalue weighted by Crippen LogP contribution is -2.29. The fourth-order valence-electron chi connectivity index (χ4n) is 4.67. The van der Waals surface area contributed by atoms with Crippen molar-refractivity contribution >= 4 is 28.5 Å². The van der Waals surface area contributed by atoms with Crippen molar-refractivity contribution in [2.45, 2.75) is 39.3 Å². The molecule has 0 saturated carbocycles. The topological polar surface area (TPSA) is 69.0 Å². The predicted octanol–water partition coefficient (Wildman–Crippen LogP) is 6.77. The van der Waals surface area contributed by atoms with Gasteiger partial charge in [0.25, 0.3) is 5.91 Å². The SMILES string of the molecule is CCCCOc1ccc(C2c3c(oc4ccccc4c3=O)C(=O)N2Cc2ccc(Cl)cc2)cc1OCC. The van der Waals surface area contributed by atoms with Crippen LogP contribution in [0.25, 0.3) is 11.0 Å². The Kier molecular flexibility index (Phi) is 7.19. The number of carbonyl (C=O) groups is 1. The highest BCUT2D eigenvalue weighted by Gasteiger charge is 2.43. The minimum absolute atomic E-state index is 0.0731. The molecular formula is C30H28ClNO5. The average Bonchev–Trinajstić information content (AvgIpc) is 3.18. The third-order valence-corrected chi connectivity index (χ3v) is 6.73. The molecule has 0 fully saturated rings. The summed E-state index contributed by atoms with van der Waals surface area (Å²) in [4.78, 5) is 29.1. The summed E-state index contributed by atoms with van der Waals surface area (Å²) in [6.45, 7) is 5.33. The van der Waals surface area contributed by atoms with Crippen LogP contribution in [-0.2, 0) is 6.54 Å². The molecule has 0 N–H and O–H groups in total. The summed E-state index contributed by atoms with van der Waals surface area (Å²) < 4.78 is 17.9. The molecule has 6 nitrogen and oxygen atoms in total. The van der Waals surface area contributed by atoms with E-state index >= 15 is 0 Å². The number of hydrogen-bond acceptors (Lipinski definition) is 5. The first-order chi connectivity index (χ1) is 18.0. The first kappa shape index (κ1) is 24.9. The van der Waals surface area contributed by atoms with Gasteiger partial charge in [-0.1, -0.05) is 55.3 Å². The van der Waals surface area contributed by atoms with Gasteiger partial charge < -0.3 is 18.8 Å². The molecule has 1 aliphatic heterocycles. The lowest BCUT2D eigenvalue weighted by atomic mass is 9.97. The maximum atomic E-state index is 13.7. The molecule has 1 unspecified atom stereocenters.